The Hall–Kier alpha value is -1.97. The van der Waals surface area contributed by atoms with Crippen molar-refractivity contribution >= 4 is 16.9 Å². The van der Waals surface area contributed by atoms with Crippen molar-refractivity contribution in [3.05, 3.63) is 36.0 Å². The number of nitrogens with zero attached hydrogens (tertiary/aromatic N) is 2. The average molecular weight is 296 g/mol. The summed E-state index contributed by atoms with van der Waals surface area (Å²) >= 11 is 0. The molecule has 4 heteroatoms. The number of aromatic amines is 1. The first kappa shape index (κ1) is 13.7. The van der Waals surface area contributed by atoms with Crippen LogP contribution in [0, 0.1) is 5.41 Å². The molecule has 1 aliphatic heterocycles. The molecule has 1 aromatic heterocycles. The summed E-state index contributed by atoms with van der Waals surface area (Å²) in [5.74, 6) is 1.04. The van der Waals surface area contributed by atoms with Gasteiger partial charge in [0.1, 0.15) is 0 Å². The Kier molecular flexibility index (Phi) is 3.32. The molecule has 4 nitrogen and oxygen atoms in total. The molecule has 2 aliphatic rings. The van der Waals surface area contributed by atoms with E-state index in [1.54, 1.807) is 0 Å². The van der Waals surface area contributed by atoms with E-state index >= 15 is 0 Å². The van der Waals surface area contributed by atoms with Gasteiger partial charge in [-0.05, 0) is 42.2 Å². The Labute approximate surface area is 131 Å². The van der Waals surface area contributed by atoms with Crippen LogP contribution < -0.4 is 5.32 Å². The number of aliphatic imine (C=N–C) groups is 1. The van der Waals surface area contributed by atoms with E-state index < -0.39 is 0 Å². The fraction of sp³-hybridized carbons (Fsp3) is 0.500. The highest BCUT2D eigenvalue weighted by Gasteiger charge is 2.43. The Balaban J connectivity index is 1.41. The minimum atomic E-state index is 0.610. The lowest BCUT2D eigenvalue weighted by molar-refractivity contribution is 0.151. The number of H-pyrrole nitrogens is 1. The molecular weight excluding hydrogens is 272 g/mol. The summed E-state index contributed by atoms with van der Waals surface area (Å²) in [4.78, 5) is 10.4. The van der Waals surface area contributed by atoms with Gasteiger partial charge in [0.25, 0.3) is 0 Å². The zero-order valence-electron chi connectivity index (χ0n) is 13.2. The number of fused-ring (bicyclic) bond motifs is 1. The molecule has 0 bridgehead atoms. The minimum absolute atomic E-state index is 0.610. The number of hydrogen-bond acceptors (Lipinski definition) is 1. The van der Waals surface area contributed by atoms with Crippen molar-refractivity contribution in [3.63, 3.8) is 0 Å². The number of benzene rings is 1. The predicted molar refractivity (Wildman–Crippen MR) is 91.0 cm³/mol. The first-order valence-electron chi connectivity index (χ1n) is 8.30. The Morgan fingerprint density at radius 2 is 2.18 bits per heavy atom. The van der Waals surface area contributed by atoms with E-state index in [0.717, 1.165) is 19.0 Å². The number of aromatic nitrogens is 1. The highest BCUT2D eigenvalue weighted by Crippen LogP contribution is 2.47. The van der Waals surface area contributed by atoms with Crippen LogP contribution >= 0.6 is 0 Å². The van der Waals surface area contributed by atoms with E-state index in [4.69, 9.17) is 0 Å². The molecule has 1 saturated heterocycles. The molecule has 1 saturated carbocycles. The van der Waals surface area contributed by atoms with Gasteiger partial charge in [0, 0.05) is 31.3 Å². The molecular formula is C18H24N4. The van der Waals surface area contributed by atoms with Crippen LogP contribution in [0.5, 0.6) is 0 Å². The predicted octanol–water partition coefficient (Wildman–Crippen LogP) is 3.12. The van der Waals surface area contributed by atoms with Gasteiger partial charge < -0.3 is 15.2 Å². The van der Waals surface area contributed by atoms with Crippen molar-refractivity contribution < 1.29 is 0 Å². The summed E-state index contributed by atoms with van der Waals surface area (Å²) in [5.41, 5.74) is 3.02. The second-order valence-electron chi connectivity index (χ2n) is 6.81. The zero-order chi connectivity index (χ0) is 15.0. The molecule has 2 heterocycles. The quantitative estimate of drug-likeness (QED) is 0.660. The van der Waals surface area contributed by atoms with Gasteiger partial charge >= 0.3 is 0 Å². The van der Waals surface area contributed by atoms with E-state index in [0.29, 0.717) is 5.41 Å². The lowest BCUT2D eigenvalue weighted by Crippen LogP contribution is -2.42. The maximum absolute atomic E-state index is 4.48. The number of hydrogen-bond donors (Lipinski definition) is 2. The third-order valence-corrected chi connectivity index (χ3v) is 5.39. The van der Waals surface area contributed by atoms with E-state index in [9.17, 15) is 0 Å². The van der Waals surface area contributed by atoms with E-state index in [2.05, 4.69) is 50.5 Å². The van der Waals surface area contributed by atoms with Crippen LogP contribution in [-0.4, -0.2) is 36.0 Å². The van der Waals surface area contributed by atoms with Crippen molar-refractivity contribution in [2.45, 2.75) is 32.2 Å². The van der Waals surface area contributed by atoms with Crippen LogP contribution in [0.1, 0.15) is 31.4 Å². The van der Waals surface area contributed by atoms with Crippen molar-refractivity contribution in [3.8, 4) is 0 Å². The van der Waals surface area contributed by atoms with Gasteiger partial charge in [0.2, 0.25) is 0 Å². The highest BCUT2D eigenvalue weighted by atomic mass is 15.3. The van der Waals surface area contributed by atoms with Crippen LogP contribution in [-0.2, 0) is 6.54 Å². The number of para-hydroxylation sites is 1. The summed E-state index contributed by atoms with van der Waals surface area (Å²) in [6.07, 6.45) is 5.56. The van der Waals surface area contributed by atoms with Gasteiger partial charge in [-0.1, -0.05) is 24.6 Å². The topological polar surface area (TPSA) is 43.4 Å². The fourth-order valence-corrected chi connectivity index (χ4v) is 3.94. The monoisotopic (exact) mass is 296 g/mol. The third-order valence-electron chi connectivity index (χ3n) is 5.39. The normalized spacial score (nSPS) is 20.6. The van der Waals surface area contributed by atoms with Crippen molar-refractivity contribution in [1.29, 1.82) is 0 Å². The fourth-order valence-electron chi connectivity index (χ4n) is 3.94. The van der Waals surface area contributed by atoms with Gasteiger partial charge in [0.15, 0.2) is 5.96 Å². The molecule has 1 spiro atoms. The maximum Gasteiger partial charge on any atom is 0.193 e. The molecule has 4 rings (SSSR count). The van der Waals surface area contributed by atoms with E-state index in [1.807, 2.05) is 7.05 Å². The molecule has 1 aromatic carbocycles. The molecule has 0 radical (unpaired) electrons. The van der Waals surface area contributed by atoms with Crippen LogP contribution in [0.25, 0.3) is 10.9 Å². The highest BCUT2D eigenvalue weighted by molar-refractivity contribution is 5.82. The SMILES string of the molecule is CN=C(NCc1cc2ccccc2[nH]1)N1CCC2(CCC2)C1. The Morgan fingerprint density at radius 1 is 1.32 bits per heavy atom. The minimum Gasteiger partial charge on any atom is -0.357 e. The smallest absolute Gasteiger partial charge is 0.193 e. The molecule has 2 aromatic rings. The van der Waals surface area contributed by atoms with Crippen molar-refractivity contribution in [2.24, 2.45) is 10.4 Å². The molecule has 1 aliphatic carbocycles. The van der Waals surface area contributed by atoms with Crippen LogP contribution in [0.4, 0.5) is 0 Å². The number of likely N-dealkylation sites (tertiary alicyclic amines) is 1. The molecule has 0 atom stereocenters. The summed E-state index contributed by atoms with van der Waals surface area (Å²) in [5, 5.41) is 4.79. The molecule has 0 amide bonds. The van der Waals surface area contributed by atoms with Crippen LogP contribution in [0.15, 0.2) is 35.3 Å². The summed E-state index contributed by atoms with van der Waals surface area (Å²) in [7, 11) is 1.89. The van der Waals surface area contributed by atoms with Gasteiger partial charge in [-0.25, -0.2) is 0 Å². The third kappa shape index (κ3) is 2.36. The summed E-state index contributed by atoms with van der Waals surface area (Å²) < 4.78 is 0. The summed E-state index contributed by atoms with van der Waals surface area (Å²) in [6.45, 7) is 3.12. The average Bonchev–Trinajstić information content (AvgIpc) is 3.11. The Morgan fingerprint density at radius 3 is 2.86 bits per heavy atom. The molecule has 2 N–H and O–H groups in total. The van der Waals surface area contributed by atoms with E-state index in [-0.39, 0.29) is 0 Å². The van der Waals surface area contributed by atoms with Gasteiger partial charge in [-0.3, -0.25) is 4.99 Å². The molecule has 22 heavy (non-hydrogen) atoms. The summed E-state index contributed by atoms with van der Waals surface area (Å²) in [6, 6.07) is 10.6. The largest absolute Gasteiger partial charge is 0.357 e. The van der Waals surface area contributed by atoms with Crippen LogP contribution in [0.2, 0.25) is 0 Å². The number of rotatable bonds is 2. The second-order valence-corrected chi connectivity index (χ2v) is 6.81. The number of guanidine groups is 1. The first-order valence-corrected chi connectivity index (χ1v) is 8.30. The van der Waals surface area contributed by atoms with Gasteiger partial charge in [0.05, 0.1) is 6.54 Å². The Bertz CT molecular complexity index is 663. The number of nitrogens with one attached hydrogen (secondary N) is 2. The van der Waals surface area contributed by atoms with E-state index in [1.165, 1.54) is 48.8 Å². The molecule has 0 unspecified atom stereocenters. The second kappa shape index (κ2) is 5.34. The lowest BCUT2D eigenvalue weighted by atomic mass is 9.68. The first-order chi connectivity index (χ1) is 10.8. The molecule has 2 fully saturated rings. The van der Waals surface area contributed by atoms with Crippen molar-refractivity contribution in [2.75, 3.05) is 20.1 Å². The lowest BCUT2D eigenvalue weighted by Gasteiger charge is -2.38. The zero-order valence-corrected chi connectivity index (χ0v) is 13.2. The van der Waals surface area contributed by atoms with Gasteiger partial charge in [-0.15, -0.1) is 0 Å². The van der Waals surface area contributed by atoms with Crippen LogP contribution in [0.3, 0.4) is 0 Å². The van der Waals surface area contributed by atoms with Gasteiger partial charge in [-0.2, -0.15) is 0 Å². The molecule has 116 valence electrons. The maximum atomic E-state index is 4.48. The standard InChI is InChI=1S/C18H24N4/c1-19-17(22-10-9-18(13-22)7-4-8-18)20-12-15-11-14-5-2-3-6-16(14)21-15/h2-3,5-6,11,21H,4,7-10,12-13H2,1H3,(H,19,20). The van der Waals surface area contributed by atoms with Crippen molar-refractivity contribution in [1.82, 2.24) is 15.2 Å².